The molecule has 1 aliphatic carbocycles. The van der Waals surface area contributed by atoms with Crippen LogP contribution in [0.3, 0.4) is 0 Å². The van der Waals surface area contributed by atoms with Crippen LogP contribution < -0.4 is 0 Å². The van der Waals surface area contributed by atoms with E-state index in [0.29, 0.717) is 0 Å². The first-order chi connectivity index (χ1) is 7.29. The summed E-state index contributed by atoms with van der Waals surface area (Å²) < 4.78 is 0. The number of hydrogen-bond donors (Lipinski definition) is 2. The van der Waals surface area contributed by atoms with Gasteiger partial charge in [0.05, 0.1) is 10.8 Å². The summed E-state index contributed by atoms with van der Waals surface area (Å²) >= 11 is 0. The van der Waals surface area contributed by atoms with Crippen LogP contribution in [0.25, 0.3) is 0 Å². The number of aliphatic hydroxyl groups excluding tert-OH is 2. The van der Waals surface area contributed by atoms with E-state index in [2.05, 4.69) is 0 Å². The average Bonchev–Trinajstić information content (AvgIpc) is 2.25. The minimum atomic E-state index is -0.518. The van der Waals surface area contributed by atoms with Crippen molar-refractivity contribution in [3.8, 4) is 0 Å². The number of hydrogen-bond acceptors (Lipinski definition) is 2. The van der Waals surface area contributed by atoms with Crippen molar-refractivity contribution in [1.29, 1.82) is 0 Å². The zero-order valence-electron chi connectivity index (χ0n) is 10.2. The van der Waals surface area contributed by atoms with E-state index in [1.54, 1.807) is 0 Å². The van der Waals surface area contributed by atoms with Gasteiger partial charge in [0.15, 0.2) is 0 Å². The summed E-state index contributed by atoms with van der Waals surface area (Å²) in [5, 5.41) is 20.2. The predicted octanol–water partition coefficient (Wildman–Crippen LogP) is 3.58. The maximum Gasteiger partial charge on any atom is 0.140 e. The second-order valence-electron chi connectivity index (χ2n) is 5.49. The van der Waals surface area contributed by atoms with Crippen molar-refractivity contribution in [1.82, 2.24) is 0 Å². The van der Waals surface area contributed by atoms with Crippen molar-refractivity contribution in [2.24, 2.45) is 0 Å². The molecule has 1 aromatic rings. The Morgan fingerprint density at radius 2 is 1.06 bits per heavy atom. The van der Waals surface area contributed by atoms with Crippen LogP contribution in [0.1, 0.15) is 38.8 Å². The van der Waals surface area contributed by atoms with Gasteiger partial charge in [0.1, 0.15) is 11.5 Å². The van der Waals surface area contributed by atoms with E-state index in [-0.39, 0.29) is 11.5 Å². The van der Waals surface area contributed by atoms with E-state index < -0.39 is 10.8 Å². The van der Waals surface area contributed by atoms with E-state index in [1.165, 1.54) is 0 Å². The molecule has 1 aromatic carbocycles. The molecule has 0 fully saturated rings. The predicted molar refractivity (Wildman–Crippen MR) is 64.8 cm³/mol. The highest BCUT2D eigenvalue weighted by Gasteiger charge is 2.43. The zero-order valence-corrected chi connectivity index (χ0v) is 10.2. The van der Waals surface area contributed by atoms with Gasteiger partial charge in [0, 0.05) is 0 Å². The highest BCUT2D eigenvalue weighted by Crippen LogP contribution is 2.47. The van der Waals surface area contributed by atoms with Gasteiger partial charge in [-0.25, -0.2) is 0 Å². The van der Waals surface area contributed by atoms with Crippen molar-refractivity contribution in [3.63, 3.8) is 0 Å². The van der Waals surface area contributed by atoms with Gasteiger partial charge in [-0.1, -0.05) is 24.3 Å². The van der Waals surface area contributed by atoms with E-state index >= 15 is 0 Å². The molecule has 0 atom stereocenters. The third-order valence-electron chi connectivity index (χ3n) is 3.68. The fourth-order valence-corrected chi connectivity index (χ4v) is 2.42. The van der Waals surface area contributed by atoms with E-state index in [9.17, 15) is 10.2 Å². The Bertz CT molecular complexity index is 424. The van der Waals surface area contributed by atoms with Crippen LogP contribution in [-0.2, 0) is 10.8 Å². The van der Waals surface area contributed by atoms with Gasteiger partial charge in [0.25, 0.3) is 0 Å². The van der Waals surface area contributed by atoms with E-state index in [4.69, 9.17) is 0 Å². The summed E-state index contributed by atoms with van der Waals surface area (Å²) in [7, 11) is 0. The molecule has 0 aromatic heterocycles. The first-order valence-corrected chi connectivity index (χ1v) is 5.52. The van der Waals surface area contributed by atoms with Crippen molar-refractivity contribution < 1.29 is 10.2 Å². The monoisotopic (exact) mass is 218 g/mol. The number of benzene rings is 1. The number of rotatable bonds is 0. The van der Waals surface area contributed by atoms with Gasteiger partial charge in [-0.2, -0.15) is 0 Å². The maximum absolute atomic E-state index is 10.1. The highest BCUT2D eigenvalue weighted by molar-refractivity contribution is 5.50. The second-order valence-corrected chi connectivity index (χ2v) is 5.49. The van der Waals surface area contributed by atoms with Gasteiger partial charge in [-0.3, -0.25) is 0 Å². The molecule has 2 N–H and O–H groups in total. The summed E-state index contributed by atoms with van der Waals surface area (Å²) in [5.74, 6) is 0.160. The Labute approximate surface area is 96.2 Å². The van der Waals surface area contributed by atoms with Crippen LogP contribution in [0.2, 0.25) is 0 Å². The Kier molecular flexibility index (Phi) is 2.10. The zero-order chi connectivity index (χ0) is 12.1. The number of allylic oxidation sites excluding steroid dienone is 2. The molecule has 0 saturated heterocycles. The summed E-state index contributed by atoms with van der Waals surface area (Å²) in [6.07, 6.45) is 0. The lowest BCUT2D eigenvalue weighted by Crippen LogP contribution is -2.37. The van der Waals surface area contributed by atoms with E-state index in [0.717, 1.165) is 11.1 Å². The molecule has 2 nitrogen and oxygen atoms in total. The number of fused-ring (bicyclic) bond motifs is 1. The molecular weight excluding hydrogens is 200 g/mol. The lowest BCUT2D eigenvalue weighted by molar-refractivity contribution is 0.213. The Morgan fingerprint density at radius 3 is 1.38 bits per heavy atom. The normalized spacial score (nSPS) is 21.8. The highest BCUT2D eigenvalue weighted by atomic mass is 16.3. The molecular formula is C14H18O2. The summed E-state index contributed by atoms with van der Waals surface area (Å²) in [6.45, 7) is 7.69. The standard InChI is InChI=1S/C14H18O2/c1-13(2)9-7-5-6-8-10(9)14(3,4)12(16)11(13)15/h5-8,15-16H,1-4H3. The van der Waals surface area contributed by atoms with Gasteiger partial charge in [0.2, 0.25) is 0 Å². The van der Waals surface area contributed by atoms with Crippen LogP contribution in [0.4, 0.5) is 0 Å². The van der Waals surface area contributed by atoms with Crippen LogP contribution in [0.15, 0.2) is 35.8 Å². The van der Waals surface area contributed by atoms with Gasteiger partial charge in [-0.05, 0) is 38.8 Å². The third-order valence-corrected chi connectivity index (χ3v) is 3.68. The summed E-state index contributed by atoms with van der Waals surface area (Å²) in [4.78, 5) is 0. The van der Waals surface area contributed by atoms with E-state index in [1.807, 2.05) is 52.0 Å². The topological polar surface area (TPSA) is 40.5 Å². The maximum atomic E-state index is 10.1. The fourth-order valence-electron chi connectivity index (χ4n) is 2.42. The average molecular weight is 218 g/mol. The lowest BCUT2D eigenvalue weighted by Gasteiger charge is -2.40. The molecule has 1 aliphatic rings. The third kappa shape index (κ3) is 1.19. The van der Waals surface area contributed by atoms with Crippen molar-refractivity contribution in [2.75, 3.05) is 0 Å². The summed E-state index contributed by atoms with van der Waals surface area (Å²) in [6, 6.07) is 7.96. The smallest absolute Gasteiger partial charge is 0.140 e. The summed E-state index contributed by atoms with van der Waals surface area (Å²) in [5.41, 5.74) is 1.12. The Balaban J connectivity index is 2.80. The van der Waals surface area contributed by atoms with Gasteiger partial charge in [-0.15, -0.1) is 0 Å². The largest absolute Gasteiger partial charge is 0.508 e. The molecule has 2 rings (SSSR count). The fraction of sp³-hybridized carbons (Fsp3) is 0.429. The van der Waals surface area contributed by atoms with Crippen LogP contribution in [0, 0.1) is 0 Å². The second kappa shape index (κ2) is 3.03. The Hall–Kier alpha value is -1.44. The minimum Gasteiger partial charge on any atom is -0.508 e. The lowest BCUT2D eigenvalue weighted by atomic mass is 9.66. The molecule has 86 valence electrons. The van der Waals surface area contributed by atoms with Crippen LogP contribution in [0.5, 0.6) is 0 Å². The first-order valence-electron chi connectivity index (χ1n) is 5.52. The SMILES string of the molecule is CC1(C)C(O)=C(O)C(C)(C)c2ccccc21. The molecule has 0 radical (unpaired) electrons. The van der Waals surface area contributed by atoms with Crippen LogP contribution >= 0.6 is 0 Å². The molecule has 0 unspecified atom stereocenters. The molecule has 0 saturated carbocycles. The minimum absolute atomic E-state index is 0.0798. The van der Waals surface area contributed by atoms with Gasteiger partial charge >= 0.3 is 0 Å². The molecule has 0 bridgehead atoms. The quantitative estimate of drug-likeness (QED) is 0.698. The Morgan fingerprint density at radius 1 is 0.750 bits per heavy atom. The number of aliphatic hydroxyl groups is 2. The first kappa shape index (κ1) is 11.1. The molecule has 0 aliphatic heterocycles. The molecule has 2 heteroatoms. The van der Waals surface area contributed by atoms with Crippen molar-refractivity contribution >= 4 is 0 Å². The van der Waals surface area contributed by atoms with Gasteiger partial charge < -0.3 is 10.2 Å². The van der Waals surface area contributed by atoms with Crippen molar-refractivity contribution in [2.45, 2.75) is 38.5 Å². The molecule has 0 spiro atoms. The molecule has 16 heavy (non-hydrogen) atoms. The molecule has 0 heterocycles. The van der Waals surface area contributed by atoms with Crippen LogP contribution in [-0.4, -0.2) is 10.2 Å². The molecule has 0 amide bonds. The van der Waals surface area contributed by atoms with Crippen molar-refractivity contribution in [3.05, 3.63) is 46.9 Å².